The van der Waals surface area contributed by atoms with Crippen LogP contribution in [0, 0.1) is 0 Å². The zero-order valence-electron chi connectivity index (χ0n) is 11.0. The second-order valence-corrected chi connectivity index (χ2v) is 4.37. The van der Waals surface area contributed by atoms with Crippen molar-refractivity contribution in [3.05, 3.63) is 48.0 Å². The molecule has 0 atom stereocenters. The van der Waals surface area contributed by atoms with Gasteiger partial charge in [-0.3, -0.25) is 0 Å². The first kappa shape index (κ1) is 13.1. The number of hydrogen-bond donors (Lipinski definition) is 1. The number of ether oxygens (including phenoxy) is 1. The van der Waals surface area contributed by atoms with E-state index >= 15 is 0 Å². The van der Waals surface area contributed by atoms with Crippen LogP contribution in [0.1, 0.15) is 18.9 Å². The lowest BCUT2D eigenvalue weighted by Gasteiger charge is -2.08. The fraction of sp³-hybridized carbons (Fsp3) is 0.375. The van der Waals surface area contributed by atoms with E-state index < -0.39 is 0 Å². The highest BCUT2D eigenvalue weighted by atomic mass is 16.5. The summed E-state index contributed by atoms with van der Waals surface area (Å²) < 4.78 is 5.32. The van der Waals surface area contributed by atoms with Gasteiger partial charge in [0.15, 0.2) is 0 Å². The third-order valence-electron chi connectivity index (χ3n) is 3.04. The molecule has 0 saturated carbocycles. The topological polar surface area (TPSA) is 21.3 Å². The average Bonchev–Trinajstić information content (AvgIpc) is 2.43. The van der Waals surface area contributed by atoms with Crippen molar-refractivity contribution in [1.29, 1.82) is 0 Å². The van der Waals surface area contributed by atoms with E-state index in [4.69, 9.17) is 4.74 Å². The lowest BCUT2D eigenvalue weighted by atomic mass is 10.0. The molecule has 2 aromatic rings. The van der Waals surface area contributed by atoms with Gasteiger partial charge < -0.3 is 10.1 Å². The molecule has 2 rings (SSSR count). The maximum Gasteiger partial charge on any atom is 0.0477 e. The van der Waals surface area contributed by atoms with Crippen molar-refractivity contribution in [1.82, 2.24) is 5.32 Å². The Morgan fingerprint density at radius 1 is 1.06 bits per heavy atom. The van der Waals surface area contributed by atoms with Crippen molar-refractivity contribution in [2.24, 2.45) is 0 Å². The van der Waals surface area contributed by atoms with Gasteiger partial charge in [-0.05, 0) is 36.2 Å². The predicted molar refractivity (Wildman–Crippen MR) is 76.8 cm³/mol. The van der Waals surface area contributed by atoms with E-state index in [1.807, 2.05) is 6.92 Å². The van der Waals surface area contributed by atoms with Crippen LogP contribution in [0.4, 0.5) is 0 Å². The second-order valence-electron chi connectivity index (χ2n) is 4.37. The van der Waals surface area contributed by atoms with Gasteiger partial charge in [0.2, 0.25) is 0 Å². The Morgan fingerprint density at radius 2 is 1.89 bits per heavy atom. The van der Waals surface area contributed by atoms with E-state index in [0.717, 1.165) is 32.7 Å². The first-order valence-corrected chi connectivity index (χ1v) is 6.67. The average molecular weight is 243 g/mol. The molecule has 0 bridgehead atoms. The van der Waals surface area contributed by atoms with Gasteiger partial charge in [-0.25, -0.2) is 0 Å². The molecule has 0 radical (unpaired) electrons. The molecule has 0 aliphatic heterocycles. The summed E-state index contributed by atoms with van der Waals surface area (Å²) in [6.07, 6.45) is 1.07. The lowest BCUT2D eigenvalue weighted by Crippen LogP contribution is -2.16. The van der Waals surface area contributed by atoms with Crippen LogP contribution in [-0.2, 0) is 11.3 Å². The Morgan fingerprint density at radius 3 is 2.78 bits per heavy atom. The molecule has 96 valence electrons. The Kier molecular flexibility index (Phi) is 5.18. The molecule has 0 heterocycles. The van der Waals surface area contributed by atoms with Crippen molar-refractivity contribution in [3.63, 3.8) is 0 Å². The number of nitrogens with one attached hydrogen (secondary N) is 1. The van der Waals surface area contributed by atoms with Crippen LogP contribution in [0.3, 0.4) is 0 Å². The zero-order valence-corrected chi connectivity index (χ0v) is 11.0. The normalized spacial score (nSPS) is 10.9. The molecular formula is C16H21NO. The molecule has 0 amide bonds. The molecule has 0 spiro atoms. The molecule has 2 nitrogen and oxygen atoms in total. The summed E-state index contributed by atoms with van der Waals surface area (Å²) in [4.78, 5) is 0. The minimum atomic E-state index is 0.809. The highest BCUT2D eigenvalue weighted by Gasteiger charge is 1.99. The molecule has 0 fully saturated rings. The largest absolute Gasteiger partial charge is 0.382 e. The molecule has 0 aromatic heterocycles. The molecule has 18 heavy (non-hydrogen) atoms. The van der Waals surface area contributed by atoms with Gasteiger partial charge in [-0.15, -0.1) is 0 Å². The number of hydrogen-bond acceptors (Lipinski definition) is 2. The van der Waals surface area contributed by atoms with Crippen LogP contribution in [0.5, 0.6) is 0 Å². The number of fused-ring (bicyclic) bond motifs is 1. The maximum atomic E-state index is 5.32. The van der Waals surface area contributed by atoms with E-state index in [1.165, 1.54) is 16.3 Å². The minimum Gasteiger partial charge on any atom is -0.382 e. The zero-order chi connectivity index (χ0) is 12.6. The fourth-order valence-electron chi connectivity index (χ4n) is 2.11. The molecule has 0 aliphatic rings. The molecule has 2 aromatic carbocycles. The summed E-state index contributed by atoms with van der Waals surface area (Å²) in [6, 6.07) is 15.0. The Labute approximate surface area is 109 Å². The van der Waals surface area contributed by atoms with Gasteiger partial charge >= 0.3 is 0 Å². The summed E-state index contributed by atoms with van der Waals surface area (Å²) in [5, 5.41) is 6.13. The summed E-state index contributed by atoms with van der Waals surface area (Å²) in [7, 11) is 0. The van der Waals surface area contributed by atoms with E-state index in [-0.39, 0.29) is 0 Å². The SMILES string of the molecule is CCOCCCNCc1cccc2ccccc12. The smallest absolute Gasteiger partial charge is 0.0477 e. The lowest BCUT2D eigenvalue weighted by molar-refractivity contribution is 0.144. The summed E-state index contributed by atoms with van der Waals surface area (Å²) in [5.41, 5.74) is 1.37. The molecular weight excluding hydrogens is 222 g/mol. The minimum absolute atomic E-state index is 0.809. The van der Waals surface area contributed by atoms with Crippen molar-refractivity contribution in [3.8, 4) is 0 Å². The van der Waals surface area contributed by atoms with Gasteiger partial charge in [0.05, 0.1) is 0 Å². The van der Waals surface area contributed by atoms with Crippen LogP contribution in [0.2, 0.25) is 0 Å². The summed E-state index contributed by atoms with van der Waals surface area (Å²) in [5.74, 6) is 0. The summed E-state index contributed by atoms with van der Waals surface area (Å²) >= 11 is 0. The highest BCUT2D eigenvalue weighted by Crippen LogP contribution is 2.17. The van der Waals surface area contributed by atoms with E-state index in [1.54, 1.807) is 0 Å². The number of rotatable bonds is 7. The monoisotopic (exact) mass is 243 g/mol. The second kappa shape index (κ2) is 7.14. The van der Waals surface area contributed by atoms with Gasteiger partial charge in [0.25, 0.3) is 0 Å². The van der Waals surface area contributed by atoms with E-state index in [2.05, 4.69) is 47.8 Å². The highest BCUT2D eigenvalue weighted by molar-refractivity contribution is 5.85. The Bertz CT molecular complexity index is 476. The Balaban J connectivity index is 1.88. The third-order valence-corrected chi connectivity index (χ3v) is 3.04. The molecule has 2 heteroatoms. The molecule has 0 unspecified atom stereocenters. The van der Waals surface area contributed by atoms with Crippen LogP contribution in [0.15, 0.2) is 42.5 Å². The van der Waals surface area contributed by atoms with Crippen molar-refractivity contribution < 1.29 is 4.74 Å². The van der Waals surface area contributed by atoms with Gasteiger partial charge in [0, 0.05) is 19.8 Å². The van der Waals surface area contributed by atoms with Crippen molar-refractivity contribution in [2.75, 3.05) is 19.8 Å². The van der Waals surface area contributed by atoms with Crippen LogP contribution < -0.4 is 5.32 Å². The predicted octanol–water partition coefficient (Wildman–Crippen LogP) is 3.36. The summed E-state index contributed by atoms with van der Waals surface area (Å²) in [6.45, 7) is 5.61. The van der Waals surface area contributed by atoms with E-state index in [0.29, 0.717) is 0 Å². The van der Waals surface area contributed by atoms with Crippen LogP contribution >= 0.6 is 0 Å². The van der Waals surface area contributed by atoms with Crippen molar-refractivity contribution >= 4 is 10.8 Å². The molecule has 0 aliphatic carbocycles. The number of benzene rings is 2. The third kappa shape index (κ3) is 3.56. The molecule has 0 saturated heterocycles. The van der Waals surface area contributed by atoms with Crippen LogP contribution in [-0.4, -0.2) is 19.8 Å². The van der Waals surface area contributed by atoms with Gasteiger partial charge in [-0.1, -0.05) is 42.5 Å². The Hall–Kier alpha value is -1.38. The van der Waals surface area contributed by atoms with Gasteiger partial charge in [-0.2, -0.15) is 0 Å². The standard InChI is InChI=1S/C16H21NO/c1-2-18-12-6-11-17-13-15-9-5-8-14-7-3-4-10-16(14)15/h3-5,7-10,17H,2,6,11-13H2,1H3. The quantitative estimate of drug-likeness (QED) is 0.753. The first-order chi connectivity index (χ1) is 8.92. The first-order valence-electron chi connectivity index (χ1n) is 6.67. The maximum absolute atomic E-state index is 5.32. The van der Waals surface area contributed by atoms with Gasteiger partial charge in [0.1, 0.15) is 0 Å². The fourth-order valence-corrected chi connectivity index (χ4v) is 2.11. The van der Waals surface area contributed by atoms with Crippen molar-refractivity contribution in [2.45, 2.75) is 19.9 Å². The van der Waals surface area contributed by atoms with Crippen LogP contribution in [0.25, 0.3) is 10.8 Å². The molecule has 1 N–H and O–H groups in total. The van der Waals surface area contributed by atoms with E-state index in [9.17, 15) is 0 Å².